The number of benzene rings is 1. The van der Waals surface area contributed by atoms with Crippen LogP contribution in [0.5, 0.6) is 0 Å². The summed E-state index contributed by atoms with van der Waals surface area (Å²) in [6.45, 7) is 13.2. The van der Waals surface area contributed by atoms with E-state index in [2.05, 4.69) is 67.7 Å². The Bertz CT molecular complexity index is 879. The number of hydrogen-bond donors (Lipinski definition) is 1. The van der Waals surface area contributed by atoms with Crippen molar-refractivity contribution >= 4 is 17.3 Å². The van der Waals surface area contributed by atoms with Crippen molar-refractivity contribution in [2.24, 2.45) is 5.41 Å². The van der Waals surface area contributed by atoms with E-state index in [0.29, 0.717) is 12.3 Å². The summed E-state index contributed by atoms with van der Waals surface area (Å²) in [5.74, 6) is 0.785. The number of nitrogens with one attached hydrogen (secondary N) is 1. The molecule has 0 spiro atoms. The van der Waals surface area contributed by atoms with Crippen molar-refractivity contribution in [2.45, 2.75) is 72.9 Å². The van der Waals surface area contributed by atoms with E-state index in [1.165, 1.54) is 29.9 Å². The predicted octanol–water partition coefficient (Wildman–Crippen LogP) is 4.77. The van der Waals surface area contributed by atoms with Crippen LogP contribution in [0.15, 0.2) is 18.2 Å². The van der Waals surface area contributed by atoms with Crippen molar-refractivity contribution < 1.29 is 4.79 Å². The minimum absolute atomic E-state index is 0.0120. The number of fused-ring (bicyclic) bond motifs is 1. The molecule has 2 aliphatic rings. The Labute approximate surface area is 168 Å². The van der Waals surface area contributed by atoms with Gasteiger partial charge in [0.25, 0.3) is 0 Å². The first-order chi connectivity index (χ1) is 13.2. The third-order valence-corrected chi connectivity index (χ3v) is 5.65. The van der Waals surface area contributed by atoms with Crippen LogP contribution in [0.25, 0.3) is 0 Å². The van der Waals surface area contributed by atoms with Crippen LogP contribution in [0, 0.1) is 19.3 Å². The summed E-state index contributed by atoms with van der Waals surface area (Å²) < 4.78 is 2.19. The van der Waals surface area contributed by atoms with E-state index < -0.39 is 0 Å². The molecule has 0 bridgehead atoms. The zero-order chi connectivity index (χ0) is 20.1. The Morgan fingerprint density at radius 3 is 2.43 bits per heavy atom. The maximum atomic E-state index is 12.4. The van der Waals surface area contributed by atoms with Crippen molar-refractivity contribution in [2.75, 3.05) is 16.8 Å². The molecule has 1 N–H and O–H groups in total. The first-order valence-electron chi connectivity index (χ1n) is 10.4. The van der Waals surface area contributed by atoms with Crippen molar-refractivity contribution in [3.8, 4) is 0 Å². The number of carbonyl (C=O) groups is 1. The molecule has 5 nitrogen and oxygen atoms in total. The number of anilines is 2. The van der Waals surface area contributed by atoms with E-state index in [1.807, 2.05) is 0 Å². The van der Waals surface area contributed by atoms with Gasteiger partial charge >= 0.3 is 0 Å². The first kappa shape index (κ1) is 19.0. The summed E-state index contributed by atoms with van der Waals surface area (Å²) in [4.78, 5) is 14.8. The highest BCUT2D eigenvalue weighted by Gasteiger charge is 2.29. The smallest absolute Gasteiger partial charge is 0.224 e. The minimum atomic E-state index is -0.0120. The molecule has 1 aromatic carbocycles. The van der Waals surface area contributed by atoms with Gasteiger partial charge in [-0.2, -0.15) is 5.10 Å². The number of nitrogens with zero attached hydrogens (tertiary/aromatic N) is 3. The van der Waals surface area contributed by atoms with Crippen molar-refractivity contribution in [1.82, 2.24) is 9.78 Å². The largest absolute Gasteiger partial charge is 0.364 e. The Balaban J connectivity index is 1.50. The Morgan fingerprint density at radius 1 is 1.14 bits per heavy atom. The van der Waals surface area contributed by atoms with Crippen LogP contribution in [0.3, 0.4) is 0 Å². The quantitative estimate of drug-likeness (QED) is 0.831. The Morgan fingerprint density at radius 2 is 1.82 bits per heavy atom. The second kappa shape index (κ2) is 6.94. The first-order valence-corrected chi connectivity index (χ1v) is 10.4. The van der Waals surface area contributed by atoms with Crippen molar-refractivity contribution in [3.63, 3.8) is 0 Å². The molecule has 0 radical (unpaired) electrons. The molecule has 1 amide bonds. The van der Waals surface area contributed by atoms with Crippen LogP contribution < -0.4 is 10.2 Å². The van der Waals surface area contributed by atoms with Gasteiger partial charge in [0.15, 0.2) is 0 Å². The van der Waals surface area contributed by atoms with Gasteiger partial charge in [-0.05, 0) is 61.4 Å². The lowest BCUT2D eigenvalue weighted by Crippen LogP contribution is -2.34. The second-order valence-corrected chi connectivity index (χ2v) is 9.72. The van der Waals surface area contributed by atoms with Gasteiger partial charge < -0.3 is 10.2 Å². The van der Waals surface area contributed by atoms with Crippen LogP contribution in [0.1, 0.15) is 68.5 Å². The number of rotatable bonds is 4. The summed E-state index contributed by atoms with van der Waals surface area (Å²) in [5, 5.41) is 7.93. The molecule has 0 atom stereocenters. The molecule has 1 aliphatic carbocycles. The lowest BCUT2D eigenvalue weighted by atomic mass is 9.92. The second-order valence-electron chi connectivity index (χ2n) is 9.72. The molecule has 0 saturated heterocycles. The molecule has 5 heteroatoms. The molecule has 150 valence electrons. The van der Waals surface area contributed by atoms with E-state index in [1.54, 1.807) is 0 Å². The highest BCUT2D eigenvalue weighted by Crippen LogP contribution is 2.40. The van der Waals surface area contributed by atoms with Gasteiger partial charge in [0.1, 0.15) is 0 Å². The molecule has 1 fully saturated rings. The summed E-state index contributed by atoms with van der Waals surface area (Å²) in [6.07, 6.45) is 3.11. The molecule has 0 unspecified atom stereocenters. The van der Waals surface area contributed by atoms with Crippen LogP contribution in [0.2, 0.25) is 0 Å². The van der Waals surface area contributed by atoms with Crippen LogP contribution in [0.4, 0.5) is 11.4 Å². The zero-order valence-corrected chi connectivity index (χ0v) is 17.8. The average molecular weight is 381 g/mol. The topological polar surface area (TPSA) is 50.2 Å². The maximum Gasteiger partial charge on any atom is 0.224 e. The fourth-order valence-electron chi connectivity index (χ4n) is 4.07. The molecular formula is C23H32N4O. The molecule has 2 aromatic rings. The van der Waals surface area contributed by atoms with Gasteiger partial charge in [-0.3, -0.25) is 9.48 Å². The summed E-state index contributed by atoms with van der Waals surface area (Å²) in [5.41, 5.74) is 7.00. The normalized spacial score (nSPS) is 16.8. The van der Waals surface area contributed by atoms with Gasteiger partial charge in [0.05, 0.1) is 24.5 Å². The fourth-order valence-corrected chi connectivity index (χ4v) is 4.07. The van der Waals surface area contributed by atoms with E-state index in [0.717, 1.165) is 36.4 Å². The monoisotopic (exact) mass is 380 g/mol. The van der Waals surface area contributed by atoms with Gasteiger partial charge in [-0.1, -0.05) is 20.8 Å². The van der Waals surface area contributed by atoms with Crippen LogP contribution in [-0.4, -0.2) is 22.2 Å². The number of hydrogen-bond acceptors (Lipinski definition) is 3. The molecule has 4 rings (SSSR count). The van der Waals surface area contributed by atoms with E-state index >= 15 is 0 Å². The van der Waals surface area contributed by atoms with Crippen molar-refractivity contribution in [1.29, 1.82) is 0 Å². The summed E-state index contributed by atoms with van der Waals surface area (Å²) >= 11 is 0. The molecule has 28 heavy (non-hydrogen) atoms. The third-order valence-electron chi connectivity index (χ3n) is 5.65. The van der Waals surface area contributed by atoms with E-state index in [9.17, 15) is 4.79 Å². The van der Waals surface area contributed by atoms with Crippen LogP contribution >= 0.6 is 0 Å². The lowest BCUT2D eigenvalue weighted by Gasteiger charge is -2.30. The fraction of sp³-hybridized carbons (Fsp3) is 0.565. The van der Waals surface area contributed by atoms with Gasteiger partial charge in [0, 0.05) is 30.3 Å². The molecule has 1 aliphatic heterocycles. The molecule has 2 heterocycles. The Hall–Kier alpha value is -2.30. The third kappa shape index (κ3) is 4.08. The molecular weight excluding hydrogens is 348 g/mol. The molecule has 1 saturated carbocycles. The van der Waals surface area contributed by atoms with E-state index in [-0.39, 0.29) is 11.3 Å². The summed E-state index contributed by atoms with van der Waals surface area (Å²) in [6, 6.07) is 6.70. The minimum Gasteiger partial charge on any atom is -0.364 e. The summed E-state index contributed by atoms with van der Waals surface area (Å²) in [7, 11) is 0. The Kier molecular flexibility index (Phi) is 4.72. The predicted molar refractivity (Wildman–Crippen MR) is 114 cm³/mol. The van der Waals surface area contributed by atoms with Gasteiger partial charge in [-0.15, -0.1) is 0 Å². The highest BCUT2D eigenvalue weighted by atomic mass is 16.1. The lowest BCUT2D eigenvalue weighted by molar-refractivity contribution is -0.117. The standard InChI is InChI=1S/C23H32N4O/c1-15-10-18(11-16(2)22(15)24-21(28)13-23(3,4)5)26-8-9-27-19(14-26)12-20(25-27)17-6-7-17/h10-12,17H,6-9,13-14H2,1-5H3,(H,24,28). The number of carbonyl (C=O) groups excluding carboxylic acids is 1. The van der Waals surface area contributed by atoms with Gasteiger partial charge in [0.2, 0.25) is 5.91 Å². The maximum absolute atomic E-state index is 12.4. The van der Waals surface area contributed by atoms with Gasteiger partial charge in [-0.25, -0.2) is 0 Å². The zero-order valence-electron chi connectivity index (χ0n) is 17.8. The van der Waals surface area contributed by atoms with E-state index in [4.69, 9.17) is 5.10 Å². The number of aryl methyl sites for hydroxylation is 2. The molecule has 1 aromatic heterocycles. The SMILES string of the molecule is Cc1cc(N2CCn3nc(C4CC4)cc3C2)cc(C)c1NC(=O)CC(C)(C)C. The van der Waals surface area contributed by atoms with Crippen molar-refractivity contribution in [3.05, 3.63) is 40.7 Å². The number of aromatic nitrogens is 2. The number of amides is 1. The average Bonchev–Trinajstić information content (AvgIpc) is 3.35. The highest BCUT2D eigenvalue weighted by molar-refractivity contribution is 5.93. The van der Waals surface area contributed by atoms with Crippen LogP contribution in [-0.2, 0) is 17.9 Å².